The molecular formula is C40H70N4O2S. The van der Waals surface area contributed by atoms with Crippen LogP contribution in [0.5, 0.6) is 0 Å². The first-order valence-corrected chi connectivity index (χ1v) is 19.9. The zero-order valence-electron chi connectivity index (χ0n) is 31.4. The molecule has 6 nitrogen and oxygen atoms in total. The fraction of sp³-hybridized carbons (Fsp3) is 0.750. The Morgan fingerprint density at radius 1 is 1.06 bits per heavy atom. The molecule has 2 amide bonds. The minimum atomic E-state index is -0.403. The van der Waals surface area contributed by atoms with Gasteiger partial charge < -0.3 is 20.4 Å². The van der Waals surface area contributed by atoms with Crippen LogP contribution in [0.4, 0.5) is 0 Å². The lowest BCUT2D eigenvalue weighted by molar-refractivity contribution is -0.135. The van der Waals surface area contributed by atoms with E-state index in [9.17, 15) is 9.59 Å². The largest absolute Gasteiger partial charge is 0.352 e. The Kier molecular flexibility index (Phi) is 20.7. The van der Waals surface area contributed by atoms with E-state index in [1.807, 2.05) is 19.2 Å². The fourth-order valence-electron chi connectivity index (χ4n) is 6.72. The van der Waals surface area contributed by atoms with Crippen LogP contribution in [0.1, 0.15) is 112 Å². The van der Waals surface area contributed by atoms with Gasteiger partial charge in [0, 0.05) is 57.0 Å². The van der Waals surface area contributed by atoms with Crippen LogP contribution in [0, 0.1) is 17.8 Å². The summed E-state index contributed by atoms with van der Waals surface area (Å²) in [7, 11) is 4.11. The maximum Gasteiger partial charge on any atom is 0.224 e. The summed E-state index contributed by atoms with van der Waals surface area (Å²) < 4.78 is 0. The summed E-state index contributed by atoms with van der Waals surface area (Å²) in [6.07, 6.45) is 24.4. The zero-order chi connectivity index (χ0) is 34.6. The first-order valence-electron chi connectivity index (χ1n) is 18.7. The fourth-order valence-corrected chi connectivity index (χ4v) is 7.99. The van der Waals surface area contributed by atoms with Gasteiger partial charge in [-0.1, -0.05) is 100 Å². The van der Waals surface area contributed by atoms with Crippen molar-refractivity contribution < 1.29 is 9.59 Å². The molecule has 2 aliphatic carbocycles. The van der Waals surface area contributed by atoms with Crippen LogP contribution < -0.4 is 10.6 Å². The smallest absolute Gasteiger partial charge is 0.224 e. The van der Waals surface area contributed by atoms with Crippen LogP contribution in [0.25, 0.3) is 0 Å². The van der Waals surface area contributed by atoms with Gasteiger partial charge in [-0.05, 0) is 77.5 Å². The number of nitrogens with zero attached hydrogens (tertiary/aromatic N) is 2. The molecule has 7 heteroatoms. The Balaban J connectivity index is 2.02. The summed E-state index contributed by atoms with van der Waals surface area (Å²) >= 11 is 2.08. The van der Waals surface area contributed by atoms with Crippen molar-refractivity contribution in [2.45, 2.75) is 130 Å². The van der Waals surface area contributed by atoms with Crippen LogP contribution in [-0.4, -0.2) is 85.0 Å². The van der Waals surface area contributed by atoms with Gasteiger partial charge in [-0.25, -0.2) is 0 Å². The molecule has 0 heterocycles. The topological polar surface area (TPSA) is 64.7 Å². The minimum absolute atomic E-state index is 0.00270. The Hall–Kier alpha value is -1.83. The number of hydrogen-bond acceptors (Lipinski definition) is 5. The Morgan fingerprint density at radius 2 is 1.81 bits per heavy atom. The van der Waals surface area contributed by atoms with E-state index in [0.717, 1.165) is 49.6 Å². The predicted octanol–water partition coefficient (Wildman–Crippen LogP) is 8.17. The molecule has 0 aromatic rings. The lowest BCUT2D eigenvalue weighted by Crippen LogP contribution is -2.47. The van der Waals surface area contributed by atoms with Crippen LogP contribution in [0.2, 0.25) is 0 Å². The van der Waals surface area contributed by atoms with Crippen LogP contribution in [-0.2, 0) is 9.59 Å². The number of allylic oxidation sites excluding steroid dienone is 7. The molecule has 0 aliphatic heterocycles. The molecule has 0 aromatic heterocycles. The summed E-state index contributed by atoms with van der Waals surface area (Å²) in [6.45, 7) is 15.4. The van der Waals surface area contributed by atoms with Gasteiger partial charge in [0.05, 0.1) is 5.92 Å². The van der Waals surface area contributed by atoms with E-state index in [1.165, 1.54) is 49.9 Å². The molecule has 2 N–H and O–H groups in total. The highest BCUT2D eigenvalue weighted by molar-refractivity contribution is 7.99. The molecule has 268 valence electrons. The zero-order valence-corrected chi connectivity index (χ0v) is 32.2. The molecule has 47 heavy (non-hydrogen) atoms. The standard InChI is InChI=1S/C40H70N4O2S/c1-9-32(5)24-37(10-2)41-22-23-43(7)39(45)27-36(25-34-18-14-11-12-15-19-34)40(46)42-33(6)28-44(8)38(30-47-29-31(3)4)26-35-20-16-13-17-21-35/h9,11-12,14,18-19,31,33,35-38,41H,10,13,15-17,20-30H2,1-8H3,(H,42,46)/b32-9-/t33?,36-,37?,38+/m1/s1. The van der Waals surface area contributed by atoms with Gasteiger partial charge in [0.25, 0.3) is 0 Å². The average Bonchev–Trinajstić information content (AvgIpc) is 3.32. The molecule has 2 rings (SSSR count). The van der Waals surface area contributed by atoms with E-state index in [0.29, 0.717) is 31.0 Å². The highest BCUT2D eigenvalue weighted by atomic mass is 32.2. The van der Waals surface area contributed by atoms with Crippen molar-refractivity contribution in [2.24, 2.45) is 17.8 Å². The van der Waals surface area contributed by atoms with Gasteiger partial charge in [-0.3, -0.25) is 9.59 Å². The molecule has 4 atom stereocenters. The van der Waals surface area contributed by atoms with E-state index < -0.39 is 5.92 Å². The van der Waals surface area contributed by atoms with Crippen LogP contribution >= 0.6 is 11.8 Å². The molecule has 1 fully saturated rings. The molecule has 0 saturated heterocycles. The lowest BCUT2D eigenvalue weighted by atomic mass is 9.85. The van der Waals surface area contributed by atoms with Crippen LogP contribution in [0.15, 0.2) is 47.6 Å². The van der Waals surface area contributed by atoms with Crippen molar-refractivity contribution in [3.05, 3.63) is 47.6 Å². The predicted molar refractivity (Wildman–Crippen MR) is 205 cm³/mol. The Labute approximate surface area is 293 Å². The highest BCUT2D eigenvalue weighted by Gasteiger charge is 2.28. The van der Waals surface area contributed by atoms with Crippen molar-refractivity contribution in [1.29, 1.82) is 0 Å². The number of amides is 2. The number of carbonyl (C=O) groups excluding carboxylic acids is 2. The second kappa shape index (κ2) is 23.5. The first kappa shape index (κ1) is 41.3. The van der Waals surface area contributed by atoms with E-state index in [2.05, 4.69) is 100 Å². The van der Waals surface area contributed by atoms with E-state index in [1.54, 1.807) is 4.90 Å². The second-order valence-corrected chi connectivity index (χ2v) is 15.9. The van der Waals surface area contributed by atoms with Crippen molar-refractivity contribution in [2.75, 3.05) is 45.2 Å². The summed E-state index contributed by atoms with van der Waals surface area (Å²) in [5.74, 6) is 3.47. The third-order valence-corrected chi connectivity index (χ3v) is 11.4. The molecule has 1 saturated carbocycles. The summed E-state index contributed by atoms with van der Waals surface area (Å²) in [6, 6.07) is 0.929. The van der Waals surface area contributed by atoms with Gasteiger partial charge >= 0.3 is 0 Å². The maximum absolute atomic E-state index is 13.9. The maximum atomic E-state index is 13.9. The summed E-state index contributed by atoms with van der Waals surface area (Å²) in [5.41, 5.74) is 2.50. The number of rotatable bonds is 22. The third kappa shape index (κ3) is 17.4. The van der Waals surface area contributed by atoms with Crippen LogP contribution in [0.3, 0.4) is 0 Å². The average molecular weight is 671 g/mol. The van der Waals surface area contributed by atoms with Crippen molar-refractivity contribution in [3.8, 4) is 0 Å². The van der Waals surface area contributed by atoms with Gasteiger partial charge in [0.15, 0.2) is 0 Å². The van der Waals surface area contributed by atoms with Gasteiger partial charge in [-0.2, -0.15) is 11.8 Å². The number of carbonyl (C=O) groups is 2. The van der Waals surface area contributed by atoms with E-state index in [-0.39, 0.29) is 24.3 Å². The Morgan fingerprint density at radius 3 is 2.49 bits per heavy atom. The van der Waals surface area contributed by atoms with Gasteiger partial charge in [-0.15, -0.1) is 0 Å². The Bertz CT molecular complexity index is 1030. The molecule has 0 aromatic carbocycles. The molecule has 0 bridgehead atoms. The minimum Gasteiger partial charge on any atom is -0.352 e. The second-order valence-electron chi connectivity index (χ2n) is 14.8. The quantitative estimate of drug-likeness (QED) is 0.114. The molecule has 0 radical (unpaired) electrons. The van der Waals surface area contributed by atoms with Crippen molar-refractivity contribution in [3.63, 3.8) is 0 Å². The first-order chi connectivity index (χ1) is 22.5. The monoisotopic (exact) mass is 671 g/mol. The normalized spacial score (nSPS) is 18.5. The number of nitrogens with one attached hydrogen (secondary N) is 2. The number of hydrogen-bond donors (Lipinski definition) is 2. The van der Waals surface area contributed by atoms with Gasteiger partial charge in [0.1, 0.15) is 0 Å². The van der Waals surface area contributed by atoms with Crippen molar-refractivity contribution >= 4 is 23.6 Å². The SMILES string of the molecule is C/C=C(/C)CC(CC)NCCN(C)C(=O)C[C@@H](CC1=CCC=CC=C1)C(=O)NC(C)CN(C)[C@H](CSCC(C)C)CC1CCCCC1. The highest BCUT2D eigenvalue weighted by Crippen LogP contribution is 2.30. The molecule has 2 unspecified atom stereocenters. The number of likely N-dealkylation sites (N-methyl/N-ethyl adjacent to an activating group) is 2. The third-order valence-electron chi connectivity index (χ3n) is 9.87. The van der Waals surface area contributed by atoms with E-state index in [4.69, 9.17) is 0 Å². The summed E-state index contributed by atoms with van der Waals surface area (Å²) in [4.78, 5) is 31.6. The molecule has 0 spiro atoms. The lowest BCUT2D eigenvalue weighted by Gasteiger charge is -2.34. The van der Waals surface area contributed by atoms with E-state index >= 15 is 0 Å². The molecular weight excluding hydrogens is 601 g/mol. The molecule has 2 aliphatic rings. The summed E-state index contributed by atoms with van der Waals surface area (Å²) in [5, 5.41) is 6.96. The van der Waals surface area contributed by atoms with Gasteiger partial charge in [0.2, 0.25) is 11.8 Å². The number of thioether (sulfide) groups is 1. The van der Waals surface area contributed by atoms with Crippen molar-refractivity contribution in [1.82, 2.24) is 20.4 Å².